The van der Waals surface area contributed by atoms with Crippen molar-refractivity contribution >= 4 is 29.4 Å². The number of nitrogen functional groups attached to an aromatic ring is 1. The van der Waals surface area contributed by atoms with Crippen molar-refractivity contribution in [2.45, 2.75) is 6.54 Å². The summed E-state index contributed by atoms with van der Waals surface area (Å²) >= 11 is 0. The summed E-state index contributed by atoms with van der Waals surface area (Å²) in [6, 6.07) is 0. The van der Waals surface area contributed by atoms with Crippen LogP contribution in [-0.4, -0.2) is 26.1 Å². The van der Waals surface area contributed by atoms with Gasteiger partial charge in [0.1, 0.15) is 11.8 Å². The number of fused-ring (bicyclic) bond motifs is 1. The molecular formula is C7H11ClN6. The normalized spacial score (nSPS) is 10.1. The molecule has 76 valence electrons. The second-order valence-electron chi connectivity index (χ2n) is 2.66. The minimum atomic E-state index is 0. The molecule has 7 heteroatoms. The molecule has 0 spiro atoms. The number of nitrogens with two attached hydrogens (primary N) is 2. The van der Waals surface area contributed by atoms with E-state index in [0.29, 0.717) is 24.4 Å². The first kappa shape index (κ1) is 10.7. The summed E-state index contributed by atoms with van der Waals surface area (Å²) in [6.45, 7) is 1.24. The van der Waals surface area contributed by atoms with Crippen molar-refractivity contribution in [3.05, 3.63) is 12.7 Å². The number of hydrogen-bond donors (Lipinski definition) is 2. The number of rotatable bonds is 2. The molecule has 0 aliphatic rings. The number of nitrogens with zero attached hydrogens (tertiary/aromatic N) is 4. The Morgan fingerprint density at radius 3 is 2.79 bits per heavy atom. The highest BCUT2D eigenvalue weighted by atomic mass is 35.5. The van der Waals surface area contributed by atoms with Crippen molar-refractivity contribution in [2.24, 2.45) is 5.73 Å². The van der Waals surface area contributed by atoms with Gasteiger partial charge in [-0.2, -0.15) is 0 Å². The van der Waals surface area contributed by atoms with Crippen LogP contribution in [0.25, 0.3) is 11.2 Å². The monoisotopic (exact) mass is 214 g/mol. The topological polar surface area (TPSA) is 95.6 Å². The van der Waals surface area contributed by atoms with Crippen LogP contribution in [0, 0.1) is 0 Å². The lowest BCUT2D eigenvalue weighted by Gasteiger charge is -1.99. The van der Waals surface area contributed by atoms with E-state index in [2.05, 4.69) is 15.0 Å². The first-order valence-corrected chi connectivity index (χ1v) is 3.94. The molecule has 2 heterocycles. The number of aromatic nitrogens is 4. The van der Waals surface area contributed by atoms with E-state index in [1.54, 1.807) is 6.33 Å². The first-order chi connectivity index (χ1) is 6.33. The van der Waals surface area contributed by atoms with Crippen LogP contribution in [0.2, 0.25) is 0 Å². The van der Waals surface area contributed by atoms with Gasteiger partial charge in [0.05, 0.1) is 6.33 Å². The molecule has 14 heavy (non-hydrogen) atoms. The van der Waals surface area contributed by atoms with Crippen molar-refractivity contribution in [3.63, 3.8) is 0 Å². The highest BCUT2D eigenvalue weighted by molar-refractivity contribution is 5.85. The molecule has 0 unspecified atom stereocenters. The molecule has 0 radical (unpaired) electrons. The fourth-order valence-corrected chi connectivity index (χ4v) is 1.20. The van der Waals surface area contributed by atoms with Gasteiger partial charge >= 0.3 is 0 Å². The Morgan fingerprint density at radius 2 is 2.07 bits per heavy atom. The van der Waals surface area contributed by atoms with E-state index in [1.807, 2.05) is 4.57 Å². The van der Waals surface area contributed by atoms with E-state index < -0.39 is 0 Å². The van der Waals surface area contributed by atoms with Gasteiger partial charge in [-0.05, 0) is 0 Å². The SMILES string of the molecule is Cl.NCCn1cnc2c(N)ncnc21. The second-order valence-corrected chi connectivity index (χ2v) is 2.66. The minimum absolute atomic E-state index is 0. The second kappa shape index (κ2) is 4.21. The van der Waals surface area contributed by atoms with Crippen molar-refractivity contribution in [1.29, 1.82) is 0 Å². The number of hydrogen-bond acceptors (Lipinski definition) is 5. The van der Waals surface area contributed by atoms with Gasteiger partial charge in [-0.1, -0.05) is 0 Å². The van der Waals surface area contributed by atoms with Gasteiger partial charge in [0.2, 0.25) is 0 Å². The summed E-state index contributed by atoms with van der Waals surface area (Å²) in [5, 5.41) is 0. The van der Waals surface area contributed by atoms with Crippen molar-refractivity contribution < 1.29 is 0 Å². The molecule has 0 bridgehead atoms. The zero-order valence-electron chi connectivity index (χ0n) is 7.42. The predicted octanol–water partition coefficient (Wildman–Crippen LogP) is -0.211. The number of imidazole rings is 1. The molecule has 0 amide bonds. The van der Waals surface area contributed by atoms with E-state index in [0.717, 1.165) is 5.65 Å². The van der Waals surface area contributed by atoms with Gasteiger partial charge in [0.25, 0.3) is 0 Å². The van der Waals surface area contributed by atoms with Crippen LogP contribution >= 0.6 is 12.4 Å². The van der Waals surface area contributed by atoms with Crippen LogP contribution in [0.3, 0.4) is 0 Å². The predicted molar refractivity (Wildman–Crippen MR) is 56.0 cm³/mol. The molecule has 2 aromatic heterocycles. The summed E-state index contributed by atoms with van der Waals surface area (Å²) < 4.78 is 1.85. The molecule has 2 rings (SSSR count). The van der Waals surface area contributed by atoms with E-state index >= 15 is 0 Å². The maximum atomic E-state index is 5.61. The Hall–Kier alpha value is -1.40. The lowest BCUT2D eigenvalue weighted by atomic mass is 10.5. The molecule has 0 aliphatic carbocycles. The zero-order chi connectivity index (χ0) is 9.26. The summed E-state index contributed by atoms with van der Waals surface area (Å²) in [4.78, 5) is 12.0. The Kier molecular flexibility index (Phi) is 3.21. The number of anilines is 1. The number of halogens is 1. The molecular weight excluding hydrogens is 204 g/mol. The van der Waals surface area contributed by atoms with Crippen LogP contribution in [0.15, 0.2) is 12.7 Å². The molecule has 6 nitrogen and oxygen atoms in total. The highest BCUT2D eigenvalue weighted by Crippen LogP contribution is 2.13. The van der Waals surface area contributed by atoms with Crippen LogP contribution in [-0.2, 0) is 6.54 Å². The van der Waals surface area contributed by atoms with E-state index in [-0.39, 0.29) is 12.4 Å². The van der Waals surface area contributed by atoms with Gasteiger partial charge in [-0.15, -0.1) is 12.4 Å². The molecule has 0 atom stereocenters. The molecule has 0 aliphatic heterocycles. The minimum Gasteiger partial charge on any atom is -0.382 e. The summed E-state index contributed by atoms with van der Waals surface area (Å²) in [5.41, 5.74) is 12.4. The molecule has 0 saturated carbocycles. The van der Waals surface area contributed by atoms with Gasteiger partial charge in [-0.3, -0.25) is 0 Å². The largest absolute Gasteiger partial charge is 0.382 e. The Labute approximate surface area is 86.8 Å². The average Bonchev–Trinajstić information content (AvgIpc) is 2.51. The Balaban J connectivity index is 0.000000980. The fraction of sp³-hybridized carbons (Fsp3) is 0.286. The maximum Gasteiger partial charge on any atom is 0.165 e. The third-order valence-electron chi connectivity index (χ3n) is 1.80. The molecule has 4 N–H and O–H groups in total. The summed E-state index contributed by atoms with van der Waals surface area (Å²) in [7, 11) is 0. The molecule has 0 aromatic carbocycles. The van der Waals surface area contributed by atoms with Crippen molar-refractivity contribution in [3.8, 4) is 0 Å². The van der Waals surface area contributed by atoms with Crippen LogP contribution in [0.5, 0.6) is 0 Å². The van der Waals surface area contributed by atoms with Gasteiger partial charge < -0.3 is 16.0 Å². The first-order valence-electron chi connectivity index (χ1n) is 3.94. The quantitative estimate of drug-likeness (QED) is 0.721. The molecule has 0 fully saturated rings. The van der Waals surface area contributed by atoms with Crippen molar-refractivity contribution in [1.82, 2.24) is 19.5 Å². The Morgan fingerprint density at radius 1 is 1.29 bits per heavy atom. The smallest absolute Gasteiger partial charge is 0.165 e. The summed E-state index contributed by atoms with van der Waals surface area (Å²) in [5.74, 6) is 0.403. The average molecular weight is 215 g/mol. The summed E-state index contributed by atoms with van der Waals surface area (Å²) in [6.07, 6.45) is 3.09. The third kappa shape index (κ3) is 1.61. The van der Waals surface area contributed by atoms with Gasteiger partial charge in [-0.25, -0.2) is 15.0 Å². The Bertz CT molecular complexity index is 425. The van der Waals surface area contributed by atoms with Gasteiger partial charge in [0, 0.05) is 13.1 Å². The van der Waals surface area contributed by atoms with E-state index in [4.69, 9.17) is 11.5 Å². The van der Waals surface area contributed by atoms with Crippen molar-refractivity contribution in [2.75, 3.05) is 12.3 Å². The third-order valence-corrected chi connectivity index (χ3v) is 1.80. The van der Waals surface area contributed by atoms with Crippen LogP contribution in [0.1, 0.15) is 0 Å². The van der Waals surface area contributed by atoms with Gasteiger partial charge in [0.15, 0.2) is 11.5 Å². The molecule has 0 saturated heterocycles. The van der Waals surface area contributed by atoms with Crippen LogP contribution in [0.4, 0.5) is 5.82 Å². The van der Waals surface area contributed by atoms with E-state index in [1.165, 1.54) is 6.33 Å². The van der Waals surface area contributed by atoms with Crippen LogP contribution < -0.4 is 11.5 Å². The maximum absolute atomic E-state index is 5.61. The van der Waals surface area contributed by atoms with E-state index in [9.17, 15) is 0 Å². The lowest BCUT2D eigenvalue weighted by Crippen LogP contribution is -2.09. The fourth-order valence-electron chi connectivity index (χ4n) is 1.20. The molecule has 2 aromatic rings. The standard InChI is InChI=1S/C7H10N6.ClH/c8-1-2-13-4-12-5-6(9)10-3-11-7(5)13;/h3-4H,1-2,8H2,(H2,9,10,11);1H. The lowest BCUT2D eigenvalue weighted by molar-refractivity contribution is 0.721. The zero-order valence-corrected chi connectivity index (χ0v) is 8.24. The highest BCUT2D eigenvalue weighted by Gasteiger charge is 2.05.